The Balaban J connectivity index is 2.33. The third-order valence-corrected chi connectivity index (χ3v) is 2.48. The number of pyridine rings is 1. The second kappa shape index (κ2) is 3.55. The number of nitriles is 1. The van der Waals surface area contributed by atoms with Crippen molar-refractivity contribution in [3.63, 3.8) is 0 Å². The van der Waals surface area contributed by atoms with Crippen LogP contribution in [-0.4, -0.2) is 18.1 Å². The number of nitrogens with one attached hydrogen (secondary N) is 1. The van der Waals surface area contributed by atoms with Crippen LogP contribution in [0.5, 0.6) is 0 Å². The van der Waals surface area contributed by atoms with Crippen molar-refractivity contribution in [2.45, 2.75) is 12.3 Å². The van der Waals surface area contributed by atoms with Crippen molar-refractivity contribution >= 4 is 0 Å². The van der Waals surface area contributed by atoms with Gasteiger partial charge in [0.1, 0.15) is 6.07 Å². The van der Waals surface area contributed by atoms with E-state index >= 15 is 0 Å². The molecule has 0 spiro atoms. The lowest BCUT2D eigenvalue weighted by molar-refractivity contribution is 0.759. The normalized spacial score (nSPS) is 21.3. The molecule has 3 nitrogen and oxygen atoms in total. The smallest absolute Gasteiger partial charge is 0.101 e. The first kappa shape index (κ1) is 8.21. The molecule has 0 amide bonds. The molecule has 1 aliphatic rings. The van der Waals surface area contributed by atoms with Crippen LogP contribution in [0.1, 0.15) is 23.5 Å². The van der Waals surface area contributed by atoms with E-state index < -0.39 is 0 Å². The summed E-state index contributed by atoms with van der Waals surface area (Å²) in [4.78, 5) is 3.94. The van der Waals surface area contributed by atoms with Gasteiger partial charge in [0.15, 0.2) is 0 Å². The Kier molecular flexibility index (Phi) is 2.24. The van der Waals surface area contributed by atoms with Gasteiger partial charge in [-0.25, -0.2) is 0 Å². The molecule has 0 bridgehead atoms. The van der Waals surface area contributed by atoms with E-state index in [2.05, 4.69) is 16.4 Å². The lowest BCUT2D eigenvalue weighted by Gasteiger charge is -2.09. The molecule has 1 fully saturated rings. The Labute approximate surface area is 77.4 Å². The zero-order valence-corrected chi connectivity index (χ0v) is 7.33. The monoisotopic (exact) mass is 173 g/mol. The minimum atomic E-state index is 0.498. The predicted octanol–water partition coefficient (Wildman–Crippen LogP) is 1.03. The van der Waals surface area contributed by atoms with Gasteiger partial charge in [0.2, 0.25) is 0 Å². The van der Waals surface area contributed by atoms with E-state index in [1.165, 1.54) is 0 Å². The first-order valence-electron chi connectivity index (χ1n) is 4.46. The molecule has 2 rings (SSSR count). The van der Waals surface area contributed by atoms with Gasteiger partial charge in [0, 0.05) is 18.9 Å². The molecule has 0 radical (unpaired) electrons. The molecule has 1 aromatic heterocycles. The van der Waals surface area contributed by atoms with Crippen molar-refractivity contribution < 1.29 is 0 Å². The van der Waals surface area contributed by atoms with Crippen molar-refractivity contribution in [2.75, 3.05) is 13.1 Å². The summed E-state index contributed by atoms with van der Waals surface area (Å²) in [5, 5.41) is 12.2. The topological polar surface area (TPSA) is 48.7 Å². The molecular weight excluding hydrogens is 162 g/mol. The van der Waals surface area contributed by atoms with Crippen molar-refractivity contribution in [1.29, 1.82) is 5.26 Å². The average Bonchev–Trinajstić information content (AvgIpc) is 2.70. The van der Waals surface area contributed by atoms with E-state index in [1.54, 1.807) is 12.4 Å². The molecule has 3 heteroatoms. The molecule has 66 valence electrons. The van der Waals surface area contributed by atoms with E-state index in [0.717, 1.165) is 30.6 Å². The largest absolute Gasteiger partial charge is 0.316 e. The molecule has 1 atom stereocenters. The van der Waals surface area contributed by atoms with E-state index in [4.69, 9.17) is 5.26 Å². The number of rotatable bonds is 1. The van der Waals surface area contributed by atoms with Crippen LogP contribution in [0, 0.1) is 11.3 Å². The highest BCUT2D eigenvalue weighted by atomic mass is 14.9. The van der Waals surface area contributed by atoms with Gasteiger partial charge in [-0.15, -0.1) is 0 Å². The van der Waals surface area contributed by atoms with Crippen LogP contribution < -0.4 is 5.32 Å². The summed E-state index contributed by atoms with van der Waals surface area (Å²) in [6.45, 7) is 2.04. The second-order valence-electron chi connectivity index (χ2n) is 3.26. The van der Waals surface area contributed by atoms with Crippen molar-refractivity contribution in [1.82, 2.24) is 10.3 Å². The molecule has 1 unspecified atom stereocenters. The third kappa shape index (κ3) is 1.53. The highest BCUT2D eigenvalue weighted by Gasteiger charge is 2.18. The van der Waals surface area contributed by atoms with Gasteiger partial charge in [-0.2, -0.15) is 5.26 Å². The van der Waals surface area contributed by atoms with E-state index in [9.17, 15) is 0 Å². The second-order valence-corrected chi connectivity index (χ2v) is 3.26. The quantitative estimate of drug-likeness (QED) is 0.690. The van der Waals surface area contributed by atoms with Gasteiger partial charge >= 0.3 is 0 Å². The van der Waals surface area contributed by atoms with Gasteiger partial charge in [0.25, 0.3) is 0 Å². The zero-order chi connectivity index (χ0) is 9.10. The van der Waals surface area contributed by atoms with Gasteiger partial charge in [-0.3, -0.25) is 4.98 Å². The minimum Gasteiger partial charge on any atom is -0.316 e. The molecule has 0 aromatic carbocycles. The third-order valence-electron chi connectivity index (χ3n) is 2.48. The molecule has 0 aliphatic carbocycles. The summed E-state index contributed by atoms with van der Waals surface area (Å²) >= 11 is 0. The molecule has 13 heavy (non-hydrogen) atoms. The average molecular weight is 173 g/mol. The fourth-order valence-electron chi connectivity index (χ4n) is 1.77. The number of hydrogen-bond donors (Lipinski definition) is 1. The van der Waals surface area contributed by atoms with E-state index in [1.807, 2.05) is 6.07 Å². The lowest BCUT2D eigenvalue weighted by atomic mass is 9.96. The van der Waals surface area contributed by atoms with Crippen LogP contribution in [-0.2, 0) is 0 Å². The van der Waals surface area contributed by atoms with Gasteiger partial charge in [0.05, 0.1) is 5.56 Å². The van der Waals surface area contributed by atoms with Crippen LogP contribution in [0.2, 0.25) is 0 Å². The number of nitrogens with zero attached hydrogens (tertiary/aromatic N) is 2. The molecule has 0 saturated carbocycles. The summed E-state index contributed by atoms with van der Waals surface area (Å²) in [6.07, 6.45) is 4.53. The molecule has 1 N–H and O–H groups in total. The number of hydrogen-bond acceptors (Lipinski definition) is 3. The highest BCUT2D eigenvalue weighted by Crippen LogP contribution is 2.24. The standard InChI is InChI=1S/C10H11N3/c11-5-9-7-13-4-2-10(9)8-1-3-12-6-8/h2,4,7-8,12H,1,3,6H2. The first-order valence-corrected chi connectivity index (χ1v) is 4.46. The summed E-state index contributed by atoms with van der Waals surface area (Å²) in [5.74, 6) is 0.498. The minimum absolute atomic E-state index is 0.498. The lowest BCUT2D eigenvalue weighted by Crippen LogP contribution is -2.08. The fraction of sp³-hybridized carbons (Fsp3) is 0.400. The maximum absolute atomic E-state index is 8.87. The zero-order valence-electron chi connectivity index (χ0n) is 7.33. The van der Waals surface area contributed by atoms with Crippen LogP contribution in [0.15, 0.2) is 18.5 Å². The summed E-state index contributed by atoms with van der Waals surface area (Å²) in [7, 11) is 0. The van der Waals surface area contributed by atoms with Crippen molar-refractivity contribution in [3.8, 4) is 6.07 Å². The van der Waals surface area contributed by atoms with Gasteiger partial charge in [-0.1, -0.05) is 0 Å². The summed E-state index contributed by atoms with van der Waals surface area (Å²) < 4.78 is 0. The molecule has 1 saturated heterocycles. The Morgan fingerprint density at radius 2 is 2.54 bits per heavy atom. The van der Waals surface area contributed by atoms with Crippen molar-refractivity contribution in [2.24, 2.45) is 0 Å². The van der Waals surface area contributed by atoms with Crippen LogP contribution >= 0.6 is 0 Å². The van der Waals surface area contributed by atoms with E-state index in [-0.39, 0.29) is 0 Å². The molecule has 2 heterocycles. The predicted molar refractivity (Wildman–Crippen MR) is 49.2 cm³/mol. The SMILES string of the molecule is N#Cc1cnccc1C1CCNC1. The van der Waals surface area contributed by atoms with Gasteiger partial charge < -0.3 is 5.32 Å². The van der Waals surface area contributed by atoms with E-state index in [0.29, 0.717) is 5.92 Å². The maximum Gasteiger partial charge on any atom is 0.101 e. The molecule has 1 aromatic rings. The molecule has 1 aliphatic heterocycles. The summed E-state index contributed by atoms with van der Waals surface area (Å²) in [6, 6.07) is 4.14. The number of aromatic nitrogens is 1. The van der Waals surface area contributed by atoms with Crippen LogP contribution in [0.4, 0.5) is 0 Å². The van der Waals surface area contributed by atoms with Gasteiger partial charge in [-0.05, 0) is 30.5 Å². The Hall–Kier alpha value is -1.40. The Morgan fingerprint density at radius 1 is 1.62 bits per heavy atom. The van der Waals surface area contributed by atoms with Crippen LogP contribution in [0.3, 0.4) is 0 Å². The summed E-state index contributed by atoms with van der Waals surface area (Å²) in [5.41, 5.74) is 1.86. The fourth-order valence-corrected chi connectivity index (χ4v) is 1.77. The Bertz CT molecular complexity index is 334. The maximum atomic E-state index is 8.87. The Morgan fingerprint density at radius 3 is 3.23 bits per heavy atom. The van der Waals surface area contributed by atoms with Crippen LogP contribution in [0.25, 0.3) is 0 Å². The molecular formula is C10H11N3. The highest BCUT2D eigenvalue weighted by molar-refractivity contribution is 5.37. The van der Waals surface area contributed by atoms with Crippen molar-refractivity contribution in [3.05, 3.63) is 29.6 Å². The first-order chi connectivity index (χ1) is 6.42.